The van der Waals surface area contributed by atoms with Crippen LogP contribution in [0.3, 0.4) is 0 Å². The highest BCUT2D eigenvalue weighted by molar-refractivity contribution is 14.1. The number of rotatable bonds is 2. The number of aromatic nitrogens is 1. The third-order valence-electron chi connectivity index (χ3n) is 1.65. The second-order valence-corrected chi connectivity index (χ2v) is 3.61. The summed E-state index contributed by atoms with van der Waals surface area (Å²) in [6, 6.07) is 3.36. The van der Waals surface area contributed by atoms with E-state index in [2.05, 4.69) is 22.6 Å². The lowest BCUT2D eigenvalue weighted by Gasteiger charge is -2.08. The van der Waals surface area contributed by atoms with Crippen molar-refractivity contribution in [2.75, 3.05) is 7.11 Å². The van der Waals surface area contributed by atoms with E-state index in [-0.39, 0.29) is 5.56 Å². The molecule has 4 heteroatoms. The van der Waals surface area contributed by atoms with Gasteiger partial charge in [-0.2, -0.15) is 0 Å². The van der Waals surface area contributed by atoms with E-state index >= 15 is 0 Å². The molecule has 0 saturated heterocycles. The zero-order valence-electron chi connectivity index (χ0n) is 7.00. The number of nitrogens with zero attached hydrogens (tertiary/aromatic N) is 1. The molecular formula is C8H10INO2. The summed E-state index contributed by atoms with van der Waals surface area (Å²) in [6.45, 7) is 2.23. The molecule has 3 nitrogen and oxygen atoms in total. The van der Waals surface area contributed by atoms with Gasteiger partial charge in [0.25, 0.3) is 5.56 Å². The zero-order chi connectivity index (χ0) is 9.14. The summed E-state index contributed by atoms with van der Waals surface area (Å²) < 4.78 is 7.58. The molecule has 1 aromatic rings. The van der Waals surface area contributed by atoms with Crippen molar-refractivity contribution in [3.8, 4) is 0 Å². The Kier molecular flexibility index (Phi) is 3.28. The zero-order valence-corrected chi connectivity index (χ0v) is 9.16. The Labute approximate surface area is 84.5 Å². The fourth-order valence-corrected chi connectivity index (χ4v) is 1.41. The Morgan fingerprint density at radius 1 is 1.58 bits per heavy atom. The van der Waals surface area contributed by atoms with Crippen LogP contribution in [-0.4, -0.2) is 11.7 Å². The van der Waals surface area contributed by atoms with Crippen molar-refractivity contribution in [3.05, 3.63) is 31.8 Å². The molecule has 0 radical (unpaired) electrons. The predicted molar refractivity (Wildman–Crippen MR) is 55.2 cm³/mol. The number of ether oxygens (including phenoxy) is 1. The van der Waals surface area contributed by atoms with Crippen molar-refractivity contribution in [2.24, 2.45) is 0 Å². The summed E-state index contributed by atoms with van der Waals surface area (Å²) in [5.74, 6) is 0. The molecule has 0 bridgehead atoms. The Balaban J connectivity index is 3.23. The highest BCUT2D eigenvalue weighted by Crippen LogP contribution is 2.07. The fraction of sp³-hybridized carbons (Fsp3) is 0.375. The summed E-state index contributed by atoms with van der Waals surface area (Å²) in [7, 11) is 1.58. The lowest BCUT2D eigenvalue weighted by molar-refractivity contribution is 0.126. The highest BCUT2D eigenvalue weighted by atomic mass is 127. The normalized spacial score (nSPS) is 10.2. The molecule has 1 heterocycles. The lowest BCUT2D eigenvalue weighted by Crippen LogP contribution is -2.22. The third-order valence-corrected chi connectivity index (χ3v) is 2.79. The van der Waals surface area contributed by atoms with Crippen LogP contribution in [0.1, 0.15) is 5.69 Å². The third kappa shape index (κ3) is 1.87. The predicted octanol–water partition coefficient (Wildman–Crippen LogP) is 1.37. The molecule has 0 spiro atoms. The van der Waals surface area contributed by atoms with Crippen molar-refractivity contribution in [1.82, 2.24) is 4.57 Å². The van der Waals surface area contributed by atoms with Crippen LogP contribution >= 0.6 is 22.6 Å². The van der Waals surface area contributed by atoms with E-state index in [4.69, 9.17) is 4.74 Å². The molecule has 0 atom stereocenters. The van der Waals surface area contributed by atoms with Gasteiger partial charge in [-0.15, -0.1) is 0 Å². The highest BCUT2D eigenvalue weighted by Gasteiger charge is 2.01. The molecule has 0 saturated carbocycles. The van der Waals surface area contributed by atoms with Gasteiger partial charge >= 0.3 is 0 Å². The molecule has 0 N–H and O–H groups in total. The minimum atomic E-state index is -0.0187. The van der Waals surface area contributed by atoms with E-state index in [9.17, 15) is 4.79 Å². The summed E-state index contributed by atoms with van der Waals surface area (Å²) in [6.07, 6.45) is 0. The molecule has 0 aromatic carbocycles. The van der Waals surface area contributed by atoms with Crippen molar-refractivity contribution in [2.45, 2.75) is 13.7 Å². The topological polar surface area (TPSA) is 31.2 Å². The van der Waals surface area contributed by atoms with E-state index in [1.165, 1.54) is 0 Å². The smallest absolute Gasteiger partial charge is 0.252 e. The Hall–Kier alpha value is -0.360. The largest absolute Gasteiger partial charge is 0.364 e. The van der Waals surface area contributed by atoms with E-state index in [0.717, 1.165) is 9.26 Å². The lowest BCUT2D eigenvalue weighted by atomic mass is 10.4. The average molecular weight is 279 g/mol. The summed E-state index contributed by atoms with van der Waals surface area (Å²) in [5, 5.41) is 0. The molecule has 1 aromatic heterocycles. The maximum atomic E-state index is 11.3. The van der Waals surface area contributed by atoms with Gasteiger partial charge in [-0.1, -0.05) is 0 Å². The minimum Gasteiger partial charge on any atom is -0.364 e. The van der Waals surface area contributed by atoms with Crippen LogP contribution in [0.25, 0.3) is 0 Å². The first-order valence-corrected chi connectivity index (χ1v) is 4.59. The Morgan fingerprint density at radius 3 is 2.83 bits per heavy atom. The maximum absolute atomic E-state index is 11.3. The second kappa shape index (κ2) is 4.04. The van der Waals surface area contributed by atoms with Gasteiger partial charge in [0.2, 0.25) is 0 Å². The van der Waals surface area contributed by atoms with Crippen molar-refractivity contribution in [3.63, 3.8) is 0 Å². The number of hydrogen-bond acceptors (Lipinski definition) is 2. The van der Waals surface area contributed by atoms with Crippen LogP contribution in [0.15, 0.2) is 16.9 Å². The average Bonchev–Trinajstić information content (AvgIpc) is 2.06. The first kappa shape index (κ1) is 9.73. The standard InChI is InChI=1S/C8H10INO2/c1-6-7(9)3-4-8(11)10(6)5-12-2/h3-4H,5H2,1-2H3. The van der Waals surface area contributed by atoms with Crippen LogP contribution in [0.2, 0.25) is 0 Å². The molecule has 0 aliphatic carbocycles. The SMILES string of the molecule is COCn1c(C)c(I)ccc1=O. The van der Waals surface area contributed by atoms with Gasteiger partial charge in [0.05, 0.1) is 0 Å². The molecule has 0 amide bonds. The maximum Gasteiger partial charge on any atom is 0.252 e. The molecular weight excluding hydrogens is 269 g/mol. The van der Waals surface area contributed by atoms with Crippen molar-refractivity contribution in [1.29, 1.82) is 0 Å². The van der Waals surface area contributed by atoms with Gasteiger partial charge in [0, 0.05) is 22.4 Å². The van der Waals surface area contributed by atoms with Crippen LogP contribution < -0.4 is 5.56 Å². The van der Waals surface area contributed by atoms with Crippen LogP contribution in [0.5, 0.6) is 0 Å². The molecule has 0 aliphatic rings. The summed E-state index contributed by atoms with van der Waals surface area (Å²) >= 11 is 2.19. The molecule has 0 fully saturated rings. The Bertz CT molecular complexity index is 332. The van der Waals surface area contributed by atoms with Gasteiger partial charge in [-0.3, -0.25) is 9.36 Å². The number of pyridine rings is 1. The molecule has 12 heavy (non-hydrogen) atoms. The summed E-state index contributed by atoms with van der Waals surface area (Å²) in [5.41, 5.74) is 0.930. The number of halogens is 1. The summed E-state index contributed by atoms with van der Waals surface area (Å²) in [4.78, 5) is 11.3. The van der Waals surface area contributed by atoms with Crippen molar-refractivity contribution >= 4 is 22.6 Å². The molecule has 1 rings (SSSR count). The van der Waals surface area contributed by atoms with Gasteiger partial charge < -0.3 is 4.74 Å². The molecule has 66 valence electrons. The van der Waals surface area contributed by atoms with Crippen LogP contribution in [0, 0.1) is 10.5 Å². The minimum absolute atomic E-state index is 0.0187. The van der Waals surface area contributed by atoms with E-state index < -0.39 is 0 Å². The first-order valence-electron chi connectivity index (χ1n) is 3.51. The molecule has 0 unspecified atom stereocenters. The van der Waals surface area contributed by atoms with E-state index in [1.807, 2.05) is 13.0 Å². The van der Waals surface area contributed by atoms with Crippen molar-refractivity contribution < 1.29 is 4.74 Å². The quantitative estimate of drug-likeness (QED) is 0.765. The second-order valence-electron chi connectivity index (χ2n) is 2.45. The monoisotopic (exact) mass is 279 g/mol. The first-order chi connectivity index (χ1) is 5.66. The van der Waals surface area contributed by atoms with Gasteiger partial charge in [0.1, 0.15) is 6.73 Å². The van der Waals surface area contributed by atoms with Gasteiger partial charge in [0.15, 0.2) is 0 Å². The number of methoxy groups -OCH3 is 1. The van der Waals surface area contributed by atoms with Gasteiger partial charge in [-0.25, -0.2) is 0 Å². The number of hydrogen-bond donors (Lipinski definition) is 0. The molecule has 0 aliphatic heterocycles. The Morgan fingerprint density at radius 2 is 2.25 bits per heavy atom. The van der Waals surface area contributed by atoms with Gasteiger partial charge in [-0.05, 0) is 35.6 Å². The van der Waals surface area contributed by atoms with Crippen LogP contribution in [-0.2, 0) is 11.5 Å². The van der Waals surface area contributed by atoms with E-state index in [0.29, 0.717) is 6.73 Å². The van der Waals surface area contributed by atoms with Crippen LogP contribution in [0.4, 0.5) is 0 Å². The van der Waals surface area contributed by atoms with E-state index in [1.54, 1.807) is 17.7 Å². The fourth-order valence-electron chi connectivity index (χ4n) is 0.939.